The van der Waals surface area contributed by atoms with E-state index in [1.807, 2.05) is 0 Å². The van der Waals surface area contributed by atoms with Crippen LogP contribution in [0.15, 0.2) is 6.20 Å². The molecule has 1 aromatic rings. The molecule has 88 valence electrons. The van der Waals surface area contributed by atoms with Crippen LogP contribution in [-0.2, 0) is 6.54 Å². The van der Waals surface area contributed by atoms with Crippen molar-refractivity contribution in [1.29, 1.82) is 0 Å². The highest BCUT2D eigenvalue weighted by molar-refractivity contribution is 5.88. The molecule has 0 spiro atoms. The number of aromatic hydroxyl groups is 1. The van der Waals surface area contributed by atoms with E-state index in [0.29, 0.717) is 12.5 Å². The van der Waals surface area contributed by atoms with E-state index in [9.17, 15) is 9.90 Å². The fourth-order valence-corrected chi connectivity index (χ4v) is 2.06. The maximum atomic E-state index is 10.9. The predicted octanol–water partition coefficient (Wildman–Crippen LogP) is 0.286. The first-order chi connectivity index (χ1) is 7.68. The van der Waals surface area contributed by atoms with Crippen LogP contribution in [0.4, 0.5) is 0 Å². The first kappa shape index (κ1) is 10.9. The number of rotatable bonds is 3. The molecular weight excluding hydrogens is 210 g/mol. The Morgan fingerprint density at radius 3 is 3.12 bits per heavy atom. The molecule has 1 aromatic heterocycles. The van der Waals surface area contributed by atoms with Crippen LogP contribution in [0.2, 0.25) is 0 Å². The molecule has 1 unspecified atom stereocenters. The van der Waals surface area contributed by atoms with Crippen LogP contribution in [-0.4, -0.2) is 39.1 Å². The van der Waals surface area contributed by atoms with Crippen molar-refractivity contribution in [2.24, 2.45) is 5.92 Å². The molecule has 2 rings (SSSR count). The van der Waals surface area contributed by atoms with E-state index in [-0.39, 0.29) is 11.4 Å². The van der Waals surface area contributed by atoms with Crippen molar-refractivity contribution in [2.75, 3.05) is 13.1 Å². The van der Waals surface area contributed by atoms with Crippen LogP contribution in [0.5, 0.6) is 5.75 Å². The summed E-state index contributed by atoms with van der Waals surface area (Å²) in [5, 5.41) is 25.4. The molecule has 1 saturated heterocycles. The zero-order valence-electron chi connectivity index (χ0n) is 8.89. The Morgan fingerprint density at radius 1 is 1.69 bits per heavy atom. The second-order valence-corrected chi connectivity index (χ2v) is 4.08. The van der Waals surface area contributed by atoms with E-state index in [1.54, 1.807) is 0 Å². The maximum absolute atomic E-state index is 10.9. The summed E-state index contributed by atoms with van der Waals surface area (Å²) in [6.45, 7) is 2.43. The highest BCUT2D eigenvalue weighted by Crippen LogP contribution is 2.19. The van der Waals surface area contributed by atoms with Crippen molar-refractivity contribution in [2.45, 2.75) is 19.4 Å². The standard InChI is InChI=1S/C10H15N3O3/c14-8-5-12-13(9(8)10(15)16)6-7-2-1-3-11-4-7/h5,7,11,14H,1-4,6H2,(H,15,16). The topological polar surface area (TPSA) is 87.4 Å². The van der Waals surface area contributed by atoms with Gasteiger partial charge in [-0.15, -0.1) is 0 Å². The van der Waals surface area contributed by atoms with Crippen LogP contribution in [0, 0.1) is 5.92 Å². The van der Waals surface area contributed by atoms with Crippen molar-refractivity contribution in [3.63, 3.8) is 0 Å². The van der Waals surface area contributed by atoms with Crippen LogP contribution in [0.1, 0.15) is 23.3 Å². The lowest BCUT2D eigenvalue weighted by Gasteiger charge is -2.22. The molecule has 1 aliphatic rings. The molecule has 0 aliphatic carbocycles. The lowest BCUT2D eigenvalue weighted by atomic mass is 10.00. The normalized spacial score (nSPS) is 20.9. The van der Waals surface area contributed by atoms with Gasteiger partial charge in [-0.3, -0.25) is 4.68 Å². The highest BCUT2D eigenvalue weighted by atomic mass is 16.4. The smallest absolute Gasteiger partial charge is 0.358 e. The van der Waals surface area contributed by atoms with E-state index in [1.165, 1.54) is 10.9 Å². The monoisotopic (exact) mass is 225 g/mol. The number of nitrogens with zero attached hydrogens (tertiary/aromatic N) is 2. The molecule has 0 radical (unpaired) electrons. The van der Waals surface area contributed by atoms with Gasteiger partial charge in [0, 0.05) is 6.54 Å². The second kappa shape index (κ2) is 4.52. The molecule has 0 bridgehead atoms. The Kier molecular flexibility index (Phi) is 3.09. The van der Waals surface area contributed by atoms with Gasteiger partial charge in [0.2, 0.25) is 0 Å². The first-order valence-electron chi connectivity index (χ1n) is 5.37. The largest absolute Gasteiger partial charge is 0.504 e. The molecule has 6 nitrogen and oxygen atoms in total. The third-order valence-corrected chi connectivity index (χ3v) is 2.85. The van der Waals surface area contributed by atoms with Gasteiger partial charge in [0.25, 0.3) is 0 Å². The van der Waals surface area contributed by atoms with Gasteiger partial charge in [0.1, 0.15) is 0 Å². The number of piperidine rings is 1. The molecule has 16 heavy (non-hydrogen) atoms. The first-order valence-corrected chi connectivity index (χ1v) is 5.37. The van der Waals surface area contributed by atoms with Crippen LogP contribution in [0.25, 0.3) is 0 Å². The van der Waals surface area contributed by atoms with Crippen molar-refractivity contribution >= 4 is 5.97 Å². The number of aromatic nitrogens is 2. The van der Waals surface area contributed by atoms with E-state index in [4.69, 9.17) is 5.11 Å². The highest BCUT2D eigenvalue weighted by Gasteiger charge is 2.21. The zero-order chi connectivity index (χ0) is 11.5. The number of nitrogens with one attached hydrogen (secondary N) is 1. The van der Waals surface area contributed by atoms with E-state index < -0.39 is 5.97 Å². The maximum Gasteiger partial charge on any atom is 0.358 e. The minimum absolute atomic E-state index is 0.120. The molecule has 2 heterocycles. The second-order valence-electron chi connectivity index (χ2n) is 4.08. The van der Waals surface area contributed by atoms with Gasteiger partial charge in [0.15, 0.2) is 11.4 Å². The molecule has 6 heteroatoms. The number of aromatic carboxylic acids is 1. The van der Waals surface area contributed by atoms with Crippen LogP contribution < -0.4 is 5.32 Å². The summed E-state index contributed by atoms with van der Waals surface area (Å²) >= 11 is 0. The van der Waals surface area contributed by atoms with Crippen molar-refractivity contribution < 1.29 is 15.0 Å². The summed E-state index contributed by atoms with van der Waals surface area (Å²) in [5.41, 5.74) is -0.120. The Morgan fingerprint density at radius 2 is 2.50 bits per heavy atom. The van der Waals surface area contributed by atoms with Crippen molar-refractivity contribution in [3.05, 3.63) is 11.9 Å². The summed E-state index contributed by atoms with van der Waals surface area (Å²) < 4.78 is 1.37. The fraction of sp³-hybridized carbons (Fsp3) is 0.600. The van der Waals surface area contributed by atoms with E-state index >= 15 is 0 Å². The zero-order valence-corrected chi connectivity index (χ0v) is 8.89. The van der Waals surface area contributed by atoms with Gasteiger partial charge in [-0.05, 0) is 31.8 Å². The predicted molar refractivity (Wildman–Crippen MR) is 56.4 cm³/mol. The minimum atomic E-state index is -1.14. The summed E-state index contributed by atoms with van der Waals surface area (Å²) in [6, 6.07) is 0. The van der Waals surface area contributed by atoms with Crippen LogP contribution >= 0.6 is 0 Å². The number of carboxylic acid groups (broad SMARTS) is 1. The molecule has 1 fully saturated rings. The van der Waals surface area contributed by atoms with Crippen LogP contribution in [0.3, 0.4) is 0 Å². The fourth-order valence-electron chi connectivity index (χ4n) is 2.06. The molecule has 0 aromatic carbocycles. The number of hydrogen-bond donors (Lipinski definition) is 3. The van der Waals surface area contributed by atoms with Gasteiger partial charge in [-0.2, -0.15) is 5.10 Å². The molecule has 1 aliphatic heterocycles. The molecule has 0 saturated carbocycles. The number of hydrogen-bond acceptors (Lipinski definition) is 4. The van der Waals surface area contributed by atoms with E-state index in [2.05, 4.69) is 10.4 Å². The van der Waals surface area contributed by atoms with Crippen molar-refractivity contribution in [3.8, 4) is 5.75 Å². The van der Waals surface area contributed by atoms with Gasteiger partial charge in [-0.25, -0.2) is 4.79 Å². The molecule has 3 N–H and O–H groups in total. The Hall–Kier alpha value is -1.56. The Labute approximate surface area is 92.9 Å². The molecule has 0 amide bonds. The minimum Gasteiger partial charge on any atom is -0.504 e. The summed E-state index contributed by atoms with van der Waals surface area (Å²) in [6.07, 6.45) is 3.34. The van der Waals surface area contributed by atoms with Gasteiger partial charge >= 0.3 is 5.97 Å². The molecule has 1 atom stereocenters. The number of carboxylic acids is 1. The third kappa shape index (κ3) is 2.16. The summed E-state index contributed by atoms with van der Waals surface area (Å²) in [7, 11) is 0. The summed E-state index contributed by atoms with van der Waals surface area (Å²) in [4.78, 5) is 10.9. The Bertz CT molecular complexity index is 383. The lowest BCUT2D eigenvalue weighted by Crippen LogP contribution is -2.33. The van der Waals surface area contributed by atoms with Gasteiger partial charge < -0.3 is 15.5 Å². The quantitative estimate of drug-likeness (QED) is 0.688. The molecular formula is C10H15N3O3. The van der Waals surface area contributed by atoms with Crippen molar-refractivity contribution in [1.82, 2.24) is 15.1 Å². The van der Waals surface area contributed by atoms with Gasteiger partial charge in [0.05, 0.1) is 6.20 Å². The number of carbonyl (C=O) groups is 1. The van der Waals surface area contributed by atoms with Gasteiger partial charge in [-0.1, -0.05) is 0 Å². The average molecular weight is 225 g/mol. The summed E-state index contributed by atoms with van der Waals surface area (Å²) in [5.74, 6) is -1.03. The SMILES string of the molecule is O=C(O)c1c(O)cnn1CC1CCCNC1. The lowest BCUT2D eigenvalue weighted by molar-refractivity contribution is 0.0678. The third-order valence-electron chi connectivity index (χ3n) is 2.85. The average Bonchev–Trinajstić information content (AvgIpc) is 2.61. The van der Waals surface area contributed by atoms with E-state index in [0.717, 1.165) is 25.9 Å². The Balaban J connectivity index is 2.11.